The molecule has 0 spiro atoms. The first-order valence-electron chi connectivity index (χ1n) is 12.5. The molecule has 3 aromatic rings. The topological polar surface area (TPSA) is 183 Å². The Labute approximate surface area is 243 Å². The minimum Gasteiger partial charge on any atom is -0.355 e. The van der Waals surface area contributed by atoms with Crippen molar-refractivity contribution in [1.82, 2.24) is 30.5 Å². The number of amides is 3. The van der Waals surface area contributed by atoms with Gasteiger partial charge >= 0.3 is 6.03 Å². The number of carbonyl (C=O) groups is 2. The van der Waals surface area contributed by atoms with Crippen LogP contribution < -0.4 is 16.0 Å². The van der Waals surface area contributed by atoms with Crippen molar-refractivity contribution in [3.05, 3.63) is 39.9 Å². The van der Waals surface area contributed by atoms with E-state index in [2.05, 4.69) is 36.1 Å². The molecule has 0 saturated carbocycles. The fourth-order valence-corrected chi connectivity index (χ4v) is 8.58. The van der Waals surface area contributed by atoms with Gasteiger partial charge in [-0.2, -0.15) is 11.8 Å². The van der Waals surface area contributed by atoms with E-state index in [4.69, 9.17) is 5.53 Å². The Bertz CT molecular complexity index is 1660. The molecule has 13 nitrogen and oxygen atoms in total. The van der Waals surface area contributed by atoms with Gasteiger partial charge in [0.25, 0.3) is 0 Å². The van der Waals surface area contributed by atoms with Gasteiger partial charge in [-0.05, 0) is 18.4 Å². The molecule has 2 aliphatic heterocycles. The zero-order valence-corrected chi connectivity index (χ0v) is 23.8. The predicted molar refractivity (Wildman–Crippen MR) is 144 cm³/mol. The molecule has 0 aliphatic carbocycles. The van der Waals surface area contributed by atoms with Gasteiger partial charge in [0.1, 0.15) is 5.69 Å². The van der Waals surface area contributed by atoms with Crippen LogP contribution in [0.25, 0.3) is 26.7 Å². The van der Waals surface area contributed by atoms with E-state index in [1.54, 1.807) is 11.8 Å². The number of halogens is 4. The van der Waals surface area contributed by atoms with Crippen molar-refractivity contribution in [1.29, 1.82) is 0 Å². The van der Waals surface area contributed by atoms with Gasteiger partial charge in [-0.1, -0.05) is 22.9 Å². The average molecular weight is 648 g/mol. The summed E-state index contributed by atoms with van der Waals surface area (Å²) in [5.74, 6) is -7.48. The lowest BCUT2D eigenvalue weighted by molar-refractivity contribution is -0.121. The molecule has 1 unspecified atom stereocenters. The molecule has 0 bridgehead atoms. The maximum Gasteiger partial charge on any atom is 0.315 e. The first-order chi connectivity index (χ1) is 20.0. The molecule has 2 saturated heterocycles. The van der Waals surface area contributed by atoms with E-state index in [1.807, 2.05) is 0 Å². The fraction of sp³-hybridized carbons (Fsp3) is 0.455. The second-order valence-electron chi connectivity index (χ2n) is 9.43. The van der Waals surface area contributed by atoms with Crippen molar-refractivity contribution in [2.75, 3.05) is 18.1 Å². The molecule has 2 aromatic heterocycles. The first kappa shape index (κ1) is 29.9. The number of nitrogens with zero attached hydrogens (tertiary/aromatic N) is 6. The number of thioether (sulfide) groups is 1. The van der Waals surface area contributed by atoms with Crippen LogP contribution in [0, 0.1) is 23.3 Å². The number of hydrogen-bond acceptors (Lipinski definition) is 9. The van der Waals surface area contributed by atoms with Crippen molar-refractivity contribution in [2.24, 2.45) is 5.11 Å². The van der Waals surface area contributed by atoms with Gasteiger partial charge in [0.05, 0.1) is 35.3 Å². The van der Waals surface area contributed by atoms with Crippen LogP contribution >= 0.6 is 23.1 Å². The molecular formula is C22H21F4N9O4S3. The fourth-order valence-electron chi connectivity index (χ4n) is 4.68. The minimum atomic E-state index is -3.98. The summed E-state index contributed by atoms with van der Waals surface area (Å²) in [5.41, 5.74) is 5.13. The lowest BCUT2D eigenvalue weighted by Crippen LogP contribution is -2.36. The van der Waals surface area contributed by atoms with Crippen LogP contribution in [0.15, 0.2) is 15.7 Å². The Morgan fingerprint density at radius 3 is 2.62 bits per heavy atom. The zero-order chi connectivity index (χ0) is 30.2. The maximum absolute atomic E-state index is 14.5. The molecule has 2 fully saturated rings. The number of benzene rings is 1. The standard InChI is InChI=1S/C22H21F4N9O4S3/c23-14-13(15(24)17(26)19(16(14)25)32-34-27)9-7-35-21(30-9)41-22(33-35)42(38,39)6-5-28-12(36)4-2-1-3-11-18-10(8-40-11)29-20(37)31-18/h7,10-11,18H,1-6,8H2,(H,28,36)(H2,29,31,37)/t10-,11?,18-/m1/s1. The molecule has 3 atom stereocenters. The molecule has 224 valence electrons. The number of unbranched alkanes of at least 4 members (excludes halogenated alkanes) is 1. The summed E-state index contributed by atoms with van der Waals surface area (Å²) in [5, 5.41) is 15.1. The molecule has 42 heavy (non-hydrogen) atoms. The number of sulfone groups is 1. The number of carbonyl (C=O) groups excluding carboxylic acids is 2. The summed E-state index contributed by atoms with van der Waals surface area (Å²) >= 11 is 2.34. The van der Waals surface area contributed by atoms with Gasteiger partial charge in [0.15, 0.2) is 23.3 Å². The normalized spacial score (nSPS) is 19.8. The highest BCUT2D eigenvalue weighted by atomic mass is 32.2. The molecule has 3 N–H and O–H groups in total. The SMILES string of the molecule is [N-]=[N+]=Nc1c(F)c(F)c(-c2cn3nc(S(=O)(=O)CCNC(=O)CCCCC4SC[C@H]5NC(=O)N[C@@H]45)sc3n2)c(F)c1F. The Kier molecular flexibility index (Phi) is 8.49. The molecule has 4 heterocycles. The predicted octanol–water partition coefficient (Wildman–Crippen LogP) is 3.57. The van der Waals surface area contributed by atoms with Crippen LogP contribution in [0.1, 0.15) is 25.7 Å². The van der Waals surface area contributed by atoms with E-state index >= 15 is 0 Å². The highest BCUT2D eigenvalue weighted by molar-refractivity contribution is 8.00. The Morgan fingerprint density at radius 1 is 1.19 bits per heavy atom. The summed E-state index contributed by atoms with van der Waals surface area (Å²) < 4.78 is 83.1. The molecular weight excluding hydrogens is 626 g/mol. The number of rotatable bonds is 11. The highest BCUT2D eigenvalue weighted by Crippen LogP contribution is 2.36. The van der Waals surface area contributed by atoms with Crippen molar-refractivity contribution in [2.45, 2.75) is 47.4 Å². The van der Waals surface area contributed by atoms with E-state index in [1.165, 1.54) is 0 Å². The molecule has 20 heteroatoms. The van der Waals surface area contributed by atoms with Gasteiger partial charge in [0.2, 0.25) is 25.0 Å². The largest absolute Gasteiger partial charge is 0.355 e. The second-order valence-corrected chi connectivity index (χ2v) is 13.9. The van der Waals surface area contributed by atoms with Crippen LogP contribution in [0.4, 0.5) is 28.0 Å². The van der Waals surface area contributed by atoms with Gasteiger partial charge in [-0.25, -0.2) is 40.3 Å². The van der Waals surface area contributed by atoms with Crippen LogP contribution in [-0.4, -0.2) is 70.3 Å². The van der Waals surface area contributed by atoms with E-state index in [0.29, 0.717) is 17.8 Å². The van der Waals surface area contributed by atoms with Crippen LogP contribution in [0.5, 0.6) is 0 Å². The Hall–Kier alpha value is -3.61. The lowest BCUT2D eigenvalue weighted by atomic mass is 10.0. The molecule has 2 aliphatic rings. The number of hydrogen-bond donors (Lipinski definition) is 3. The van der Waals surface area contributed by atoms with Crippen LogP contribution in [0.2, 0.25) is 0 Å². The summed E-state index contributed by atoms with van der Waals surface area (Å²) in [6.07, 6.45) is 3.31. The summed E-state index contributed by atoms with van der Waals surface area (Å²) in [6.45, 7) is -0.180. The van der Waals surface area contributed by atoms with E-state index in [-0.39, 0.29) is 51.5 Å². The smallest absolute Gasteiger partial charge is 0.315 e. The number of nitrogens with one attached hydrogen (secondary N) is 3. The lowest BCUT2D eigenvalue weighted by Gasteiger charge is -2.16. The van der Waals surface area contributed by atoms with Gasteiger partial charge in [-0.15, -0.1) is 5.10 Å². The molecule has 0 radical (unpaired) electrons. The van der Waals surface area contributed by atoms with Crippen molar-refractivity contribution in [3.8, 4) is 11.3 Å². The number of imidazole rings is 1. The maximum atomic E-state index is 14.5. The second kappa shape index (κ2) is 11.9. The summed E-state index contributed by atoms with van der Waals surface area (Å²) in [7, 11) is -3.98. The molecule has 3 amide bonds. The van der Waals surface area contributed by atoms with E-state index < -0.39 is 55.8 Å². The van der Waals surface area contributed by atoms with Crippen molar-refractivity contribution >= 4 is 55.5 Å². The van der Waals surface area contributed by atoms with Gasteiger partial charge < -0.3 is 16.0 Å². The van der Waals surface area contributed by atoms with Crippen molar-refractivity contribution in [3.63, 3.8) is 0 Å². The monoisotopic (exact) mass is 647 g/mol. The van der Waals surface area contributed by atoms with Crippen LogP contribution in [0.3, 0.4) is 0 Å². The molecule has 5 rings (SSSR count). The van der Waals surface area contributed by atoms with Gasteiger partial charge in [-0.3, -0.25) is 4.79 Å². The zero-order valence-electron chi connectivity index (χ0n) is 21.3. The number of azide groups is 1. The van der Waals surface area contributed by atoms with E-state index in [0.717, 1.165) is 29.3 Å². The number of fused-ring (bicyclic) bond motifs is 2. The third kappa shape index (κ3) is 5.83. The number of urea groups is 1. The average Bonchev–Trinajstić information content (AvgIpc) is 3.69. The quantitative estimate of drug-likeness (QED) is 0.0540. The molecule has 1 aromatic carbocycles. The Balaban J connectivity index is 1.14. The van der Waals surface area contributed by atoms with Crippen molar-refractivity contribution < 1.29 is 35.6 Å². The highest BCUT2D eigenvalue weighted by Gasteiger charge is 2.42. The van der Waals surface area contributed by atoms with Gasteiger partial charge in [0, 0.05) is 28.9 Å². The summed E-state index contributed by atoms with van der Waals surface area (Å²) in [6, 6.07) is 0.0634. The van der Waals surface area contributed by atoms with Crippen LogP contribution in [-0.2, 0) is 14.6 Å². The third-order valence-electron chi connectivity index (χ3n) is 6.71. The summed E-state index contributed by atoms with van der Waals surface area (Å²) in [4.78, 5) is 29.5. The number of aromatic nitrogens is 3. The van der Waals surface area contributed by atoms with E-state index in [9.17, 15) is 35.6 Å². The Morgan fingerprint density at radius 2 is 1.93 bits per heavy atom. The minimum absolute atomic E-state index is 0.0899. The third-order valence-corrected chi connectivity index (χ3v) is 11.3. The first-order valence-corrected chi connectivity index (χ1v) is 16.0.